The molecule has 1 aliphatic rings. The second-order valence-electron chi connectivity index (χ2n) is 4.87. The molecule has 0 bridgehead atoms. The normalized spacial score (nSPS) is 29.0. The molecule has 0 spiro atoms. The highest BCUT2D eigenvalue weighted by Crippen LogP contribution is 2.56. The van der Waals surface area contributed by atoms with E-state index in [-0.39, 0.29) is 0 Å². The van der Waals surface area contributed by atoms with Crippen molar-refractivity contribution in [2.45, 2.75) is 36.6 Å². The van der Waals surface area contributed by atoms with Gasteiger partial charge in [0, 0.05) is 0 Å². The average Bonchev–Trinajstić information content (AvgIpc) is 2.98. The molecular weight excluding hydrogens is 345 g/mol. The summed E-state index contributed by atoms with van der Waals surface area (Å²) in [6.45, 7) is 0. The van der Waals surface area contributed by atoms with Gasteiger partial charge in [0.2, 0.25) is 5.82 Å². The summed E-state index contributed by atoms with van der Waals surface area (Å²) in [5, 5.41) is 23.1. The van der Waals surface area contributed by atoms with E-state index in [1.54, 1.807) is 0 Å². The van der Waals surface area contributed by atoms with Crippen molar-refractivity contribution in [3.05, 3.63) is 12.2 Å². The van der Waals surface area contributed by atoms with Crippen molar-refractivity contribution in [3.63, 3.8) is 0 Å². The first-order valence-corrected chi connectivity index (χ1v) is 7.71. The molecule has 1 aromatic rings. The third-order valence-electron chi connectivity index (χ3n) is 3.20. The van der Waals surface area contributed by atoms with Crippen molar-refractivity contribution in [1.82, 2.24) is 14.8 Å². The standard InChI is InChI=1S/C9H13F2N4O7P/c10-9(11,23(19,20)21)1-3-4(16)5(17)8(22-3)15-2-13-7(14-15)6(12)18/h2-5,8,16-17H,1H2,(H2,12,18)(H2,19,20,21)/t3-,4+,5?,8-/m1/s1. The van der Waals surface area contributed by atoms with Gasteiger partial charge in [-0.3, -0.25) is 9.36 Å². The molecule has 23 heavy (non-hydrogen) atoms. The third-order valence-corrected chi connectivity index (χ3v) is 4.23. The van der Waals surface area contributed by atoms with Gasteiger partial charge in [-0.2, -0.15) is 8.78 Å². The maximum absolute atomic E-state index is 13.4. The van der Waals surface area contributed by atoms with E-state index in [0.717, 1.165) is 11.0 Å². The summed E-state index contributed by atoms with van der Waals surface area (Å²) >= 11 is 0. The number of carbonyl (C=O) groups excluding carboxylic acids is 1. The summed E-state index contributed by atoms with van der Waals surface area (Å²) < 4.78 is 43.3. The zero-order valence-electron chi connectivity index (χ0n) is 11.2. The van der Waals surface area contributed by atoms with Gasteiger partial charge < -0.3 is 30.5 Å². The molecule has 0 aromatic carbocycles. The molecule has 1 aromatic heterocycles. The number of ether oxygens (including phenoxy) is 1. The number of nitrogens with zero attached hydrogens (tertiary/aromatic N) is 3. The molecule has 0 saturated carbocycles. The molecule has 6 N–H and O–H groups in total. The first kappa shape index (κ1) is 17.8. The van der Waals surface area contributed by atoms with E-state index < -0.39 is 56.0 Å². The zero-order valence-corrected chi connectivity index (χ0v) is 12.1. The molecule has 0 aliphatic carbocycles. The molecule has 2 rings (SSSR count). The van der Waals surface area contributed by atoms with Crippen molar-refractivity contribution >= 4 is 13.5 Å². The SMILES string of the molecule is NC(=O)c1ncn([C@@H]2O[C@H](CC(F)(F)P(=O)(O)O)[C@H](O)C2O)n1. The van der Waals surface area contributed by atoms with Crippen LogP contribution in [0.1, 0.15) is 23.3 Å². The molecule has 1 saturated heterocycles. The lowest BCUT2D eigenvalue weighted by atomic mass is 10.1. The number of aromatic nitrogens is 3. The first-order chi connectivity index (χ1) is 10.4. The molecule has 14 heteroatoms. The van der Waals surface area contributed by atoms with Crippen LogP contribution in [0.4, 0.5) is 8.78 Å². The van der Waals surface area contributed by atoms with Crippen LogP contribution >= 0.6 is 7.60 Å². The molecule has 1 fully saturated rings. The van der Waals surface area contributed by atoms with Crippen LogP contribution < -0.4 is 5.73 Å². The van der Waals surface area contributed by atoms with E-state index in [0.29, 0.717) is 0 Å². The first-order valence-electron chi connectivity index (χ1n) is 6.10. The van der Waals surface area contributed by atoms with Crippen LogP contribution in [-0.4, -0.2) is 64.6 Å². The Labute approximate surface area is 126 Å². The molecule has 1 aliphatic heterocycles. The van der Waals surface area contributed by atoms with Gasteiger partial charge in [-0.25, -0.2) is 9.67 Å². The molecule has 2 heterocycles. The largest absolute Gasteiger partial charge is 0.394 e. The average molecular weight is 358 g/mol. The summed E-state index contributed by atoms with van der Waals surface area (Å²) in [5.74, 6) is -1.42. The molecule has 4 atom stereocenters. The molecule has 1 amide bonds. The number of carbonyl (C=O) groups is 1. The number of hydrogen-bond acceptors (Lipinski definition) is 7. The van der Waals surface area contributed by atoms with E-state index in [4.69, 9.17) is 20.3 Å². The number of primary amides is 1. The maximum atomic E-state index is 13.4. The Morgan fingerprint density at radius 1 is 1.43 bits per heavy atom. The number of rotatable bonds is 5. The van der Waals surface area contributed by atoms with Gasteiger partial charge in [0.05, 0.1) is 12.5 Å². The third kappa shape index (κ3) is 3.39. The second-order valence-corrected chi connectivity index (χ2v) is 6.62. The van der Waals surface area contributed by atoms with Crippen molar-refractivity contribution in [1.29, 1.82) is 0 Å². The monoisotopic (exact) mass is 358 g/mol. The van der Waals surface area contributed by atoms with Crippen LogP contribution in [0.3, 0.4) is 0 Å². The minimum absolute atomic E-state index is 0.431. The number of halogens is 2. The van der Waals surface area contributed by atoms with Crippen molar-refractivity contribution in [2.75, 3.05) is 0 Å². The summed E-state index contributed by atoms with van der Waals surface area (Å²) in [5.41, 5.74) is 0.480. The zero-order chi connectivity index (χ0) is 17.6. The van der Waals surface area contributed by atoms with Gasteiger partial charge in [-0.05, 0) is 0 Å². The number of aliphatic hydroxyl groups excluding tert-OH is 2. The lowest BCUT2D eigenvalue weighted by Crippen LogP contribution is -2.35. The van der Waals surface area contributed by atoms with Crippen LogP contribution in [0.25, 0.3) is 0 Å². The van der Waals surface area contributed by atoms with E-state index >= 15 is 0 Å². The molecule has 11 nitrogen and oxygen atoms in total. The molecule has 0 radical (unpaired) electrons. The Morgan fingerprint density at radius 2 is 2.04 bits per heavy atom. The fourth-order valence-corrected chi connectivity index (χ4v) is 2.41. The Morgan fingerprint density at radius 3 is 2.52 bits per heavy atom. The summed E-state index contributed by atoms with van der Waals surface area (Å²) in [4.78, 5) is 31.5. The predicted octanol–water partition coefficient (Wildman–Crippen LogP) is -1.84. The maximum Gasteiger partial charge on any atom is 0.394 e. The number of hydrogen-bond donors (Lipinski definition) is 5. The Balaban J connectivity index is 2.18. The topological polar surface area (TPSA) is 181 Å². The molecule has 130 valence electrons. The smallest absolute Gasteiger partial charge is 0.388 e. The number of amides is 1. The fourth-order valence-electron chi connectivity index (χ4n) is 1.99. The van der Waals surface area contributed by atoms with Gasteiger partial charge in [-0.15, -0.1) is 5.10 Å². The van der Waals surface area contributed by atoms with Gasteiger partial charge >= 0.3 is 13.3 Å². The fraction of sp³-hybridized carbons (Fsp3) is 0.667. The Kier molecular flexibility index (Phi) is 4.54. The van der Waals surface area contributed by atoms with Gasteiger partial charge in [0.15, 0.2) is 6.23 Å². The van der Waals surface area contributed by atoms with E-state index in [1.807, 2.05) is 0 Å². The van der Waals surface area contributed by atoms with E-state index in [1.165, 1.54) is 0 Å². The minimum Gasteiger partial charge on any atom is -0.388 e. The van der Waals surface area contributed by atoms with Crippen LogP contribution in [0, 0.1) is 0 Å². The van der Waals surface area contributed by atoms with Gasteiger partial charge in [0.1, 0.15) is 18.5 Å². The van der Waals surface area contributed by atoms with Crippen molar-refractivity contribution in [2.24, 2.45) is 5.73 Å². The van der Waals surface area contributed by atoms with E-state index in [2.05, 4.69) is 10.1 Å². The molecule has 1 unspecified atom stereocenters. The van der Waals surface area contributed by atoms with Gasteiger partial charge in [0.25, 0.3) is 5.91 Å². The highest BCUT2D eigenvalue weighted by atomic mass is 31.2. The quantitative estimate of drug-likeness (QED) is 0.378. The minimum atomic E-state index is -5.77. The number of nitrogens with two attached hydrogens (primary N) is 1. The number of aliphatic hydroxyl groups is 2. The Bertz CT molecular complexity index is 650. The second kappa shape index (κ2) is 5.85. The lowest BCUT2D eigenvalue weighted by Gasteiger charge is -2.22. The Hall–Kier alpha value is -1.50. The van der Waals surface area contributed by atoms with Crippen LogP contribution in [0.15, 0.2) is 6.33 Å². The van der Waals surface area contributed by atoms with Crippen molar-refractivity contribution < 1.29 is 42.9 Å². The van der Waals surface area contributed by atoms with Crippen molar-refractivity contribution in [3.8, 4) is 0 Å². The lowest BCUT2D eigenvalue weighted by molar-refractivity contribution is -0.0737. The van der Waals surface area contributed by atoms with Crippen LogP contribution in [0.5, 0.6) is 0 Å². The summed E-state index contributed by atoms with van der Waals surface area (Å²) in [7, 11) is -5.77. The van der Waals surface area contributed by atoms with Gasteiger partial charge in [-0.1, -0.05) is 0 Å². The highest BCUT2D eigenvalue weighted by Gasteiger charge is 2.55. The summed E-state index contributed by atoms with van der Waals surface area (Å²) in [6.07, 6.45) is -7.47. The highest BCUT2D eigenvalue weighted by molar-refractivity contribution is 7.53. The molecular formula is C9H13F2N4O7P. The van der Waals surface area contributed by atoms with Crippen LogP contribution in [0.2, 0.25) is 0 Å². The number of alkyl halides is 2. The van der Waals surface area contributed by atoms with E-state index in [9.17, 15) is 28.4 Å². The summed E-state index contributed by atoms with van der Waals surface area (Å²) in [6, 6.07) is 0. The predicted molar refractivity (Wildman–Crippen MR) is 66.1 cm³/mol. The van der Waals surface area contributed by atoms with Crippen LogP contribution in [-0.2, 0) is 9.30 Å².